The van der Waals surface area contributed by atoms with Crippen molar-refractivity contribution >= 4 is 17.3 Å². The smallest absolute Gasteiger partial charge is 0.262 e. The van der Waals surface area contributed by atoms with Crippen molar-refractivity contribution < 1.29 is 9.53 Å². The highest BCUT2D eigenvalue weighted by Gasteiger charge is 2.12. The van der Waals surface area contributed by atoms with Crippen LogP contribution in [0.4, 0.5) is 11.4 Å². The van der Waals surface area contributed by atoms with Gasteiger partial charge in [0.1, 0.15) is 5.75 Å². The number of amides is 1. The summed E-state index contributed by atoms with van der Waals surface area (Å²) in [4.78, 5) is 14.4. The summed E-state index contributed by atoms with van der Waals surface area (Å²) in [6.07, 6.45) is 0. The van der Waals surface area contributed by atoms with Crippen LogP contribution in [0.2, 0.25) is 0 Å². The summed E-state index contributed by atoms with van der Waals surface area (Å²) in [6, 6.07) is 28.0. The Morgan fingerprint density at radius 1 is 0.893 bits per heavy atom. The van der Waals surface area contributed by atoms with E-state index in [2.05, 4.69) is 48.3 Å². The lowest BCUT2D eigenvalue weighted by Gasteiger charge is -2.29. The summed E-state index contributed by atoms with van der Waals surface area (Å²) >= 11 is 0. The number of ether oxygens (including phenoxy) is 1. The average molecular weight is 374 g/mol. The van der Waals surface area contributed by atoms with Crippen LogP contribution in [-0.4, -0.2) is 18.6 Å². The molecule has 0 unspecified atom stereocenters. The van der Waals surface area contributed by atoms with E-state index < -0.39 is 0 Å². The molecular formula is C24H26N2O2. The van der Waals surface area contributed by atoms with Gasteiger partial charge in [-0.1, -0.05) is 48.5 Å². The first kappa shape index (κ1) is 19.5. The summed E-state index contributed by atoms with van der Waals surface area (Å²) in [5.41, 5.74) is 3.15. The second-order valence-corrected chi connectivity index (χ2v) is 6.90. The highest BCUT2D eigenvalue weighted by molar-refractivity contribution is 5.92. The number of hydrogen-bond acceptors (Lipinski definition) is 3. The molecule has 0 aromatic heterocycles. The molecule has 0 aliphatic carbocycles. The number of nitrogens with zero attached hydrogens (tertiary/aromatic N) is 1. The zero-order valence-electron chi connectivity index (χ0n) is 16.3. The van der Waals surface area contributed by atoms with Gasteiger partial charge in [-0.25, -0.2) is 0 Å². The molecule has 0 spiro atoms. The van der Waals surface area contributed by atoms with E-state index in [1.807, 2.05) is 60.7 Å². The first-order valence-corrected chi connectivity index (χ1v) is 9.50. The molecule has 0 bridgehead atoms. The molecule has 3 aromatic rings. The normalized spacial score (nSPS) is 10.5. The van der Waals surface area contributed by atoms with Crippen LogP contribution in [-0.2, 0) is 11.3 Å². The summed E-state index contributed by atoms with van der Waals surface area (Å²) < 4.78 is 5.48. The third kappa shape index (κ3) is 5.61. The van der Waals surface area contributed by atoms with E-state index in [4.69, 9.17) is 4.74 Å². The Morgan fingerprint density at radius 3 is 2.11 bits per heavy atom. The highest BCUT2D eigenvalue weighted by Crippen LogP contribution is 2.22. The molecule has 4 heteroatoms. The van der Waals surface area contributed by atoms with Gasteiger partial charge in [-0.2, -0.15) is 0 Å². The second-order valence-electron chi connectivity index (χ2n) is 6.90. The van der Waals surface area contributed by atoms with Gasteiger partial charge in [0.2, 0.25) is 0 Å². The number of anilines is 2. The van der Waals surface area contributed by atoms with Gasteiger partial charge in [-0.05, 0) is 55.8 Å². The molecular weight excluding hydrogens is 348 g/mol. The van der Waals surface area contributed by atoms with Crippen molar-refractivity contribution in [3.63, 3.8) is 0 Å². The molecule has 0 fully saturated rings. The first-order valence-electron chi connectivity index (χ1n) is 9.50. The van der Waals surface area contributed by atoms with Crippen LogP contribution >= 0.6 is 0 Å². The van der Waals surface area contributed by atoms with Crippen molar-refractivity contribution in [2.24, 2.45) is 0 Å². The maximum atomic E-state index is 12.1. The lowest BCUT2D eigenvalue weighted by atomic mass is 10.1. The van der Waals surface area contributed by atoms with Crippen molar-refractivity contribution in [3.05, 3.63) is 90.5 Å². The second kappa shape index (κ2) is 9.60. The molecule has 0 radical (unpaired) electrons. The predicted molar refractivity (Wildman–Crippen MR) is 115 cm³/mol. The Hall–Kier alpha value is -3.27. The van der Waals surface area contributed by atoms with Crippen LogP contribution in [0.3, 0.4) is 0 Å². The Bertz CT molecular complexity index is 862. The van der Waals surface area contributed by atoms with E-state index in [1.165, 1.54) is 5.56 Å². The minimum atomic E-state index is -0.179. The molecule has 3 rings (SSSR count). The van der Waals surface area contributed by atoms with Gasteiger partial charge < -0.3 is 15.0 Å². The topological polar surface area (TPSA) is 41.6 Å². The standard InChI is InChI=1S/C24H26N2O2/c1-19(2)26(17-20-9-5-3-6-10-20)22-15-13-21(14-16-22)25-24(27)18-28-23-11-7-4-8-12-23/h3-16,19H,17-18H2,1-2H3,(H,25,27). The zero-order valence-corrected chi connectivity index (χ0v) is 16.3. The SMILES string of the molecule is CC(C)N(Cc1ccccc1)c1ccc(NC(=O)COc2ccccc2)cc1. The molecule has 0 atom stereocenters. The third-order valence-corrected chi connectivity index (χ3v) is 4.41. The number of rotatable bonds is 8. The minimum Gasteiger partial charge on any atom is -0.484 e. The molecule has 0 saturated carbocycles. The zero-order chi connectivity index (χ0) is 19.8. The van der Waals surface area contributed by atoms with Gasteiger partial charge in [0, 0.05) is 24.0 Å². The van der Waals surface area contributed by atoms with Crippen LogP contribution in [0.25, 0.3) is 0 Å². The molecule has 1 amide bonds. The Labute approximate surface area is 166 Å². The lowest BCUT2D eigenvalue weighted by Crippen LogP contribution is -2.30. The lowest BCUT2D eigenvalue weighted by molar-refractivity contribution is -0.118. The molecule has 144 valence electrons. The Balaban J connectivity index is 1.59. The van der Waals surface area contributed by atoms with E-state index in [-0.39, 0.29) is 12.5 Å². The maximum Gasteiger partial charge on any atom is 0.262 e. The summed E-state index contributed by atoms with van der Waals surface area (Å²) in [6.45, 7) is 5.19. The van der Waals surface area contributed by atoms with Crippen molar-refractivity contribution in [1.29, 1.82) is 0 Å². The molecule has 0 aliphatic rings. The monoisotopic (exact) mass is 374 g/mol. The number of benzene rings is 3. The fourth-order valence-electron chi connectivity index (χ4n) is 2.95. The van der Waals surface area contributed by atoms with Crippen LogP contribution in [0.15, 0.2) is 84.9 Å². The average Bonchev–Trinajstić information content (AvgIpc) is 2.72. The minimum absolute atomic E-state index is 0.0160. The molecule has 0 heterocycles. The number of carbonyl (C=O) groups is 1. The first-order chi connectivity index (χ1) is 13.6. The van der Waals surface area contributed by atoms with Crippen molar-refractivity contribution in [1.82, 2.24) is 0 Å². The Morgan fingerprint density at radius 2 is 1.50 bits per heavy atom. The number of nitrogens with one attached hydrogen (secondary N) is 1. The van der Waals surface area contributed by atoms with Crippen LogP contribution in [0, 0.1) is 0 Å². The van der Waals surface area contributed by atoms with Gasteiger partial charge >= 0.3 is 0 Å². The quantitative estimate of drug-likeness (QED) is 0.595. The third-order valence-electron chi connectivity index (χ3n) is 4.41. The van der Waals surface area contributed by atoms with E-state index in [9.17, 15) is 4.79 Å². The maximum absolute atomic E-state index is 12.1. The van der Waals surface area contributed by atoms with Gasteiger partial charge in [0.25, 0.3) is 5.91 Å². The van der Waals surface area contributed by atoms with Crippen LogP contribution in [0.1, 0.15) is 19.4 Å². The number of carbonyl (C=O) groups excluding carboxylic acids is 1. The van der Waals surface area contributed by atoms with Crippen LogP contribution in [0.5, 0.6) is 5.75 Å². The molecule has 28 heavy (non-hydrogen) atoms. The van der Waals surface area contributed by atoms with Crippen LogP contribution < -0.4 is 15.0 Å². The summed E-state index contributed by atoms with van der Waals surface area (Å²) in [5, 5.41) is 2.87. The van der Waals surface area contributed by atoms with Gasteiger partial charge in [-0.15, -0.1) is 0 Å². The molecule has 1 N–H and O–H groups in total. The van der Waals surface area contributed by atoms with Gasteiger partial charge in [-0.3, -0.25) is 4.79 Å². The largest absolute Gasteiger partial charge is 0.484 e. The highest BCUT2D eigenvalue weighted by atomic mass is 16.5. The number of hydrogen-bond donors (Lipinski definition) is 1. The van der Waals surface area contributed by atoms with Gasteiger partial charge in [0.15, 0.2) is 6.61 Å². The van der Waals surface area contributed by atoms with Crippen molar-refractivity contribution in [2.75, 3.05) is 16.8 Å². The number of para-hydroxylation sites is 1. The molecule has 0 aliphatic heterocycles. The molecule has 0 saturated heterocycles. The predicted octanol–water partition coefficient (Wildman–Crippen LogP) is 5.12. The fraction of sp³-hybridized carbons (Fsp3) is 0.208. The van der Waals surface area contributed by atoms with E-state index in [0.29, 0.717) is 11.8 Å². The Kier molecular flexibility index (Phi) is 6.68. The fourth-order valence-corrected chi connectivity index (χ4v) is 2.95. The van der Waals surface area contributed by atoms with Gasteiger partial charge in [0.05, 0.1) is 0 Å². The summed E-state index contributed by atoms with van der Waals surface area (Å²) in [7, 11) is 0. The van der Waals surface area contributed by atoms with E-state index in [1.54, 1.807) is 0 Å². The van der Waals surface area contributed by atoms with E-state index in [0.717, 1.165) is 17.9 Å². The summed E-state index contributed by atoms with van der Waals surface area (Å²) in [5.74, 6) is 0.503. The molecule has 4 nitrogen and oxygen atoms in total. The van der Waals surface area contributed by atoms with E-state index >= 15 is 0 Å². The molecule has 3 aromatic carbocycles. The van der Waals surface area contributed by atoms with Crippen molar-refractivity contribution in [3.8, 4) is 5.75 Å². The van der Waals surface area contributed by atoms with Crippen molar-refractivity contribution in [2.45, 2.75) is 26.4 Å².